The molecule has 2 aromatic carbocycles. The van der Waals surface area contributed by atoms with Gasteiger partial charge in [-0.3, -0.25) is 9.69 Å². The van der Waals surface area contributed by atoms with Crippen molar-refractivity contribution in [3.63, 3.8) is 0 Å². The number of anilines is 1. The predicted molar refractivity (Wildman–Crippen MR) is 116 cm³/mol. The fourth-order valence-corrected chi connectivity index (χ4v) is 4.09. The number of ether oxygens (including phenoxy) is 1. The molecular formula is C22H19N3O3S. The van der Waals surface area contributed by atoms with Crippen LogP contribution in [-0.4, -0.2) is 29.6 Å². The number of methoxy groups -OCH3 is 1. The Bertz CT molecular complexity index is 1020. The molecule has 1 fully saturated rings. The van der Waals surface area contributed by atoms with Crippen molar-refractivity contribution in [3.8, 4) is 5.75 Å². The number of benzene rings is 2. The fourth-order valence-electron chi connectivity index (χ4n) is 2.96. The Balaban J connectivity index is 1.58. The maximum Gasteiger partial charge on any atom is 0.247 e. The summed E-state index contributed by atoms with van der Waals surface area (Å²) in [5.41, 5.74) is 1.83. The first-order chi connectivity index (χ1) is 14.2. The molecule has 1 amide bonds. The highest BCUT2D eigenvalue weighted by Crippen LogP contribution is 2.34. The Morgan fingerprint density at radius 3 is 2.59 bits per heavy atom. The minimum absolute atomic E-state index is 0.0102. The number of amidine groups is 1. The molecule has 1 aliphatic rings. The number of nitrogens with zero attached hydrogens (tertiary/aromatic N) is 3. The molecule has 1 saturated heterocycles. The monoisotopic (exact) mass is 405 g/mol. The topological polar surface area (TPSA) is 67.4 Å². The third kappa shape index (κ3) is 4.41. The first-order valence-corrected chi connectivity index (χ1v) is 9.95. The minimum atomic E-state index is -0.277. The molecule has 0 radical (unpaired) electrons. The molecular weight excluding hydrogens is 386 g/mol. The van der Waals surface area contributed by atoms with Gasteiger partial charge in [0.05, 0.1) is 30.5 Å². The largest absolute Gasteiger partial charge is 0.497 e. The molecule has 0 bridgehead atoms. The Morgan fingerprint density at radius 2 is 1.90 bits per heavy atom. The molecule has 0 aliphatic carbocycles. The van der Waals surface area contributed by atoms with E-state index in [1.54, 1.807) is 30.4 Å². The van der Waals surface area contributed by atoms with Gasteiger partial charge >= 0.3 is 0 Å². The Morgan fingerprint density at radius 1 is 1.10 bits per heavy atom. The van der Waals surface area contributed by atoms with Crippen LogP contribution in [0, 0.1) is 0 Å². The maximum atomic E-state index is 13.2. The average molecular weight is 405 g/mol. The van der Waals surface area contributed by atoms with E-state index in [1.165, 1.54) is 18.0 Å². The third-order valence-corrected chi connectivity index (χ3v) is 5.53. The molecule has 0 spiro atoms. The SMILES string of the molecule is COc1ccc(C[C@@H]2SC(=NN=Cc3ccco3)N(c3ccccc3)C2=O)cc1. The smallest absolute Gasteiger partial charge is 0.247 e. The van der Waals surface area contributed by atoms with Crippen molar-refractivity contribution in [1.82, 2.24) is 0 Å². The molecule has 1 aromatic heterocycles. The molecule has 2 heterocycles. The summed E-state index contributed by atoms with van der Waals surface area (Å²) in [6.45, 7) is 0. The van der Waals surface area contributed by atoms with E-state index in [1.807, 2.05) is 54.6 Å². The van der Waals surface area contributed by atoms with E-state index in [0.29, 0.717) is 17.3 Å². The van der Waals surface area contributed by atoms with Crippen LogP contribution in [0.1, 0.15) is 11.3 Å². The summed E-state index contributed by atoms with van der Waals surface area (Å²) in [7, 11) is 1.63. The lowest BCUT2D eigenvalue weighted by atomic mass is 10.1. The van der Waals surface area contributed by atoms with Gasteiger partial charge in [0, 0.05) is 0 Å². The van der Waals surface area contributed by atoms with Crippen LogP contribution in [0.2, 0.25) is 0 Å². The lowest BCUT2D eigenvalue weighted by Gasteiger charge is -2.15. The van der Waals surface area contributed by atoms with Gasteiger partial charge in [0.25, 0.3) is 0 Å². The normalized spacial score (nSPS) is 18.1. The van der Waals surface area contributed by atoms with Crippen molar-refractivity contribution in [2.75, 3.05) is 12.0 Å². The number of carbonyl (C=O) groups excluding carboxylic acids is 1. The summed E-state index contributed by atoms with van der Waals surface area (Å²) in [5, 5.41) is 8.68. The van der Waals surface area contributed by atoms with Gasteiger partial charge in [0.2, 0.25) is 5.91 Å². The van der Waals surface area contributed by atoms with Crippen LogP contribution in [0.15, 0.2) is 87.6 Å². The maximum absolute atomic E-state index is 13.2. The van der Waals surface area contributed by atoms with Crippen molar-refractivity contribution in [3.05, 3.63) is 84.3 Å². The molecule has 0 unspecified atom stereocenters. The molecule has 1 aliphatic heterocycles. The molecule has 29 heavy (non-hydrogen) atoms. The zero-order valence-electron chi connectivity index (χ0n) is 15.8. The Hall–Kier alpha value is -3.32. The highest BCUT2D eigenvalue weighted by Gasteiger charge is 2.39. The first-order valence-electron chi connectivity index (χ1n) is 9.08. The van der Waals surface area contributed by atoms with Crippen molar-refractivity contribution in [1.29, 1.82) is 0 Å². The zero-order valence-corrected chi connectivity index (χ0v) is 16.6. The minimum Gasteiger partial charge on any atom is -0.497 e. The number of carbonyl (C=O) groups is 1. The second kappa shape index (κ2) is 8.79. The van der Waals surface area contributed by atoms with Gasteiger partial charge in [-0.25, -0.2) is 0 Å². The third-order valence-electron chi connectivity index (χ3n) is 4.40. The average Bonchev–Trinajstić information content (AvgIpc) is 3.38. The highest BCUT2D eigenvalue weighted by molar-refractivity contribution is 8.16. The highest BCUT2D eigenvalue weighted by atomic mass is 32.2. The molecule has 0 N–H and O–H groups in total. The van der Waals surface area contributed by atoms with Gasteiger partial charge in [0.1, 0.15) is 11.5 Å². The molecule has 3 aromatic rings. The lowest BCUT2D eigenvalue weighted by Crippen LogP contribution is -2.32. The Kier molecular flexibility index (Phi) is 5.76. The molecule has 6 nitrogen and oxygen atoms in total. The van der Waals surface area contributed by atoms with Crippen LogP contribution in [0.3, 0.4) is 0 Å². The summed E-state index contributed by atoms with van der Waals surface area (Å²) in [4.78, 5) is 14.8. The zero-order chi connectivity index (χ0) is 20.1. The fraction of sp³-hybridized carbons (Fsp3) is 0.136. The number of para-hydroxylation sites is 1. The molecule has 146 valence electrons. The van der Waals surface area contributed by atoms with Crippen LogP contribution >= 0.6 is 11.8 Å². The van der Waals surface area contributed by atoms with Gasteiger partial charge in [-0.2, -0.15) is 5.10 Å². The first kappa shape index (κ1) is 19.0. The van der Waals surface area contributed by atoms with Crippen molar-refractivity contribution >= 4 is 34.7 Å². The van der Waals surface area contributed by atoms with Crippen LogP contribution < -0.4 is 9.64 Å². The van der Waals surface area contributed by atoms with Crippen LogP contribution in [-0.2, 0) is 11.2 Å². The van der Waals surface area contributed by atoms with Gasteiger partial charge < -0.3 is 9.15 Å². The standard InChI is InChI=1S/C22H19N3O3S/c1-27-18-11-9-16(10-12-18)14-20-21(26)25(17-6-3-2-4-7-17)22(29-20)24-23-15-19-8-5-13-28-19/h2-13,15,20H,14H2,1H3/t20-/m0/s1. The summed E-state index contributed by atoms with van der Waals surface area (Å²) in [6, 6.07) is 20.8. The van der Waals surface area contributed by atoms with Crippen molar-refractivity contribution in [2.24, 2.45) is 10.2 Å². The van der Waals surface area contributed by atoms with E-state index in [-0.39, 0.29) is 11.2 Å². The molecule has 4 rings (SSSR count). The summed E-state index contributed by atoms with van der Waals surface area (Å²) < 4.78 is 10.4. The Labute approximate surface area is 172 Å². The molecule has 0 saturated carbocycles. The summed E-state index contributed by atoms with van der Waals surface area (Å²) in [5.74, 6) is 1.38. The van der Waals surface area contributed by atoms with E-state index >= 15 is 0 Å². The number of hydrogen-bond donors (Lipinski definition) is 0. The number of thioether (sulfide) groups is 1. The van der Waals surface area contributed by atoms with E-state index < -0.39 is 0 Å². The van der Waals surface area contributed by atoms with E-state index in [0.717, 1.165) is 17.0 Å². The van der Waals surface area contributed by atoms with Crippen LogP contribution in [0.5, 0.6) is 5.75 Å². The van der Waals surface area contributed by atoms with E-state index in [4.69, 9.17) is 9.15 Å². The van der Waals surface area contributed by atoms with E-state index in [9.17, 15) is 4.79 Å². The van der Waals surface area contributed by atoms with Crippen molar-refractivity contribution < 1.29 is 13.9 Å². The van der Waals surface area contributed by atoms with Gasteiger partial charge in [-0.05, 0) is 48.4 Å². The van der Waals surface area contributed by atoms with E-state index in [2.05, 4.69) is 10.2 Å². The number of amides is 1. The summed E-state index contributed by atoms with van der Waals surface area (Å²) in [6.07, 6.45) is 3.69. The molecule has 7 heteroatoms. The van der Waals surface area contributed by atoms with Crippen LogP contribution in [0.4, 0.5) is 5.69 Å². The predicted octanol–water partition coefficient (Wildman–Crippen LogP) is 4.37. The van der Waals surface area contributed by atoms with Crippen molar-refractivity contribution in [2.45, 2.75) is 11.7 Å². The second-order valence-electron chi connectivity index (χ2n) is 6.31. The number of furan rings is 1. The lowest BCUT2D eigenvalue weighted by molar-refractivity contribution is -0.116. The number of rotatable bonds is 6. The quantitative estimate of drug-likeness (QED) is 0.451. The number of hydrogen-bond acceptors (Lipinski definition) is 6. The van der Waals surface area contributed by atoms with Gasteiger partial charge in [-0.1, -0.05) is 42.1 Å². The second-order valence-corrected chi connectivity index (χ2v) is 7.48. The molecule has 1 atom stereocenters. The summed E-state index contributed by atoms with van der Waals surface area (Å²) >= 11 is 1.41. The van der Waals surface area contributed by atoms with Gasteiger partial charge in [-0.15, -0.1) is 5.10 Å². The van der Waals surface area contributed by atoms with Gasteiger partial charge in [0.15, 0.2) is 5.17 Å². The van der Waals surface area contributed by atoms with Crippen LogP contribution in [0.25, 0.3) is 0 Å².